The van der Waals surface area contributed by atoms with E-state index in [0.29, 0.717) is 31.4 Å². The van der Waals surface area contributed by atoms with Gasteiger partial charge >= 0.3 is 11.9 Å². The second-order valence-corrected chi connectivity index (χ2v) is 6.11. The van der Waals surface area contributed by atoms with Crippen LogP contribution in [0.5, 0.6) is 0 Å². The molecule has 134 valence electrons. The summed E-state index contributed by atoms with van der Waals surface area (Å²) in [6.07, 6.45) is 5.56. The fraction of sp³-hybridized carbons (Fsp3) is 0.400. The van der Waals surface area contributed by atoms with E-state index in [-0.39, 0.29) is 11.9 Å². The number of allylic oxidation sites excluding steroid dienone is 2. The Kier molecular flexibility index (Phi) is 6.02. The fourth-order valence-electron chi connectivity index (χ4n) is 3.17. The number of nitrogens with one attached hydrogen (secondary N) is 1. The molecule has 0 aromatic heterocycles. The number of cyclic esters (lactones) is 1. The minimum atomic E-state index is -0.286. The first-order chi connectivity index (χ1) is 11.9. The lowest BCUT2D eigenvalue weighted by Gasteiger charge is -2.18. The number of carbonyl (C=O) groups is 2. The zero-order valence-electron chi connectivity index (χ0n) is 15.3. The fourth-order valence-corrected chi connectivity index (χ4v) is 3.17. The lowest BCUT2D eigenvalue weighted by molar-refractivity contribution is -0.140. The zero-order valence-corrected chi connectivity index (χ0v) is 15.3. The van der Waals surface area contributed by atoms with Crippen molar-refractivity contribution in [2.75, 3.05) is 19.5 Å². The summed E-state index contributed by atoms with van der Waals surface area (Å²) in [5.41, 5.74) is 6.53. The van der Waals surface area contributed by atoms with Crippen LogP contribution in [0.3, 0.4) is 0 Å². The van der Waals surface area contributed by atoms with Gasteiger partial charge < -0.3 is 14.8 Å². The molecule has 0 bridgehead atoms. The third kappa shape index (κ3) is 3.76. The molecule has 0 radical (unpaired) electrons. The Hall–Kier alpha value is -2.56. The van der Waals surface area contributed by atoms with E-state index < -0.39 is 0 Å². The Morgan fingerprint density at radius 3 is 2.72 bits per heavy atom. The number of anilines is 1. The van der Waals surface area contributed by atoms with Crippen LogP contribution in [0.1, 0.15) is 52.4 Å². The Morgan fingerprint density at radius 2 is 2.12 bits per heavy atom. The summed E-state index contributed by atoms with van der Waals surface area (Å²) >= 11 is 0. The summed E-state index contributed by atoms with van der Waals surface area (Å²) in [6, 6.07) is 0. The molecular formula is C20H25NO4. The molecule has 1 aliphatic heterocycles. The maximum absolute atomic E-state index is 12.1. The van der Waals surface area contributed by atoms with Gasteiger partial charge in [-0.05, 0) is 43.4 Å². The number of hydrogen-bond donors (Lipinski definition) is 1. The molecule has 0 aliphatic carbocycles. The summed E-state index contributed by atoms with van der Waals surface area (Å²) in [7, 11) is 3.20. The van der Waals surface area contributed by atoms with Gasteiger partial charge in [-0.3, -0.25) is 4.79 Å². The van der Waals surface area contributed by atoms with E-state index in [1.807, 2.05) is 19.9 Å². The van der Waals surface area contributed by atoms with Crippen molar-refractivity contribution in [1.82, 2.24) is 0 Å². The van der Waals surface area contributed by atoms with Gasteiger partial charge in [0.15, 0.2) is 0 Å². The average Bonchev–Trinajstić information content (AvgIpc) is 3.00. The van der Waals surface area contributed by atoms with Crippen molar-refractivity contribution in [2.45, 2.75) is 39.7 Å². The molecule has 0 fully saturated rings. The van der Waals surface area contributed by atoms with Crippen molar-refractivity contribution < 1.29 is 19.1 Å². The Bertz CT molecular complexity index is 747. The molecule has 5 heteroatoms. The molecule has 1 N–H and O–H groups in total. The number of esters is 2. The van der Waals surface area contributed by atoms with E-state index in [1.165, 1.54) is 7.11 Å². The van der Waals surface area contributed by atoms with Gasteiger partial charge in [0.25, 0.3) is 0 Å². The quantitative estimate of drug-likeness (QED) is 0.603. The molecule has 2 rings (SSSR count). The predicted octanol–water partition coefficient (Wildman–Crippen LogP) is 3.79. The van der Waals surface area contributed by atoms with Crippen LogP contribution in [0.15, 0.2) is 18.2 Å². The van der Waals surface area contributed by atoms with Crippen LogP contribution in [0.25, 0.3) is 6.08 Å². The molecular weight excluding hydrogens is 318 g/mol. The smallest absolute Gasteiger partial charge is 0.341 e. The molecule has 0 spiro atoms. The third-order valence-electron chi connectivity index (χ3n) is 4.65. The van der Waals surface area contributed by atoms with E-state index in [1.54, 1.807) is 7.05 Å². The molecule has 25 heavy (non-hydrogen) atoms. The van der Waals surface area contributed by atoms with Crippen molar-refractivity contribution in [2.24, 2.45) is 0 Å². The van der Waals surface area contributed by atoms with E-state index in [0.717, 1.165) is 33.5 Å². The summed E-state index contributed by atoms with van der Waals surface area (Å²) in [5.74, 6) is -0.503. The van der Waals surface area contributed by atoms with Gasteiger partial charge in [-0.15, -0.1) is 0 Å². The predicted molar refractivity (Wildman–Crippen MR) is 98.6 cm³/mol. The largest absolute Gasteiger partial charge is 0.469 e. The number of hydrogen-bond acceptors (Lipinski definition) is 5. The molecule has 1 aliphatic rings. The average molecular weight is 343 g/mol. The standard InChI is InChI=1S/C20H25NO4/c1-6-14-13(3)16-11-25-20(23)18(16)19(21-4)15(14)9-7-12(2)8-10-17(22)24-5/h6-7,21H,1,8-11H2,2-5H3. The van der Waals surface area contributed by atoms with Crippen LogP contribution in [-0.2, 0) is 27.3 Å². The Labute approximate surface area is 148 Å². The van der Waals surface area contributed by atoms with Crippen molar-refractivity contribution >= 4 is 23.7 Å². The lowest BCUT2D eigenvalue weighted by Crippen LogP contribution is -2.08. The van der Waals surface area contributed by atoms with Crippen molar-refractivity contribution in [3.63, 3.8) is 0 Å². The number of carbonyl (C=O) groups excluding carboxylic acids is 2. The maximum atomic E-state index is 12.1. The van der Waals surface area contributed by atoms with Crippen molar-refractivity contribution in [3.05, 3.63) is 46.0 Å². The Balaban J connectivity index is 2.38. The van der Waals surface area contributed by atoms with Gasteiger partial charge in [0, 0.05) is 19.0 Å². The minimum absolute atomic E-state index is 0.216. The van der Waals surface area contributed by atoms with Gasteiger partial charge in [-0.1, -0.05) is 24.3 Å². The van der Waals surface area contributed by atoms with Gasteiger partial charge in [-0.2, -0.15) is 0 Å². The monoisotopic (exact) mass is 343 g/mol. The molecule has 5 nitrogen and oxygen atoms in total. The highest BCUT2D eigenvalue weighted by Crippen LogP contribution is 2.37. The highest BCUT2D eigenvalue weighted by Gasteiger charge is 2.30. The normalized spacial score (nSPS) is 13.3. The topological polar surface area (TPSA) is 64.6 Å². The second-order valence-electron chi connectivity index (χ2n) is 6.11. The van der Waals surface area contributed by atoms with Crippen LogP contribution in [0, 0.1) is 6.92 Å². The highest BCUT2D eigenvalue weighted by molar-refractivity contribution is 6.01. The van der Waals surface area contributed by atoms with Crippen LogP contribution in [-0.4, -0.2) is 26.1 Å². The van der Waals surface area contributed by atoms with E-state index in [2.05, 4.69) is 22.7 Å². The van der Waals surface area contributed by atoms with Gasteiger partial charge in [-0.25, -0.2) is 4.79 Å². The number of rotatable bonds is 7. The molecule has 1 aromatic rings. The summed E-state index contributed by atoms with van der Waals surface area (Å²) < 4.78 is 9.90. The maximum Gasteiger partial charge on any atom is 0.341 e. The van der Waals surface area contributed by atoms with E-state index in [4.69, 9.17) is 4.74 Å². The SMILES string of the molecule is C=Cc1c(C)c2c(c(NC)c1CC=C(C)CCC(=O)OC)C(=O)OC2. The van der Waals surface area contributed by atoms with Crippen LogP contribution in [0.4, 0.5) is 5.69 Å². The van der Waals surface area contributed by atoms with Gasteiger partial charge in [0.2, 0.25) is 0 Å². The molecule has 0 saturated carbocycles. The third-order valence-corrected chi connectivity index (χ3v) is 4.65. The van der Waals surface area contributed by atoms with Crippen LogP contribution >= 0.6 is 0 Å². The van der Waals surface area contributed by atoms with Crippen molar-refractivity contribution in [3.8, 4) is 0 Å². The summed E-state index contributed by atoms with van der Waals surface area (Å²) in [6.45, 7) is 8.23. The molecule has 0 saturated heterocycles. The number of benzene rings is 1. The second kappa shape index (κ2) is 8.01. The zero-order chi connectivity index (χ0) is 18.6. The molecule has 0 unspecified atom stereocenters. The van der Waals surface area contributed by atoms with E-state index in [9.17, 15) is 9.59 Å². The Morgan fingerprint density at radius 1 is 1.40 bits per heavy atom. The lowest BCUT2D eigenvalue weighted by atomic mass is 9.89. The molecule has 0 amide bonds. The first kappa shape index (κ1) is 18.8. The first-order valence-corrected chi connectivity index (χ1v) is 8.32. The minimum Gasteiger partial charge on any atom is -0.469 e. The van der Waals surface area contributed by atoms with E-state index >= 15 is 0 Å². The van der Waals surface area contributed by atoms with Crippen LogP contribution < -0.4 is 5.32 Å². The molecule has 1 aromatic carbocycles. The molecule has 0 atom stereocenters. The number of methoxy groups -OCH3 is 1. The number of ether oxygens (including phenoxy) is 2. The first-order valence-electron chi connectivity index (χ1n) is 8.32. The van der Waals surface area contributed by atoms with Crippen LogP contribution in [0.2, 0.25) is 0 Å². The highest BCUT2D eigenvalue weighted by atomic mass is 16.5. The summed E-state index contributed by atoms with van der Waals surface area (Å²) in [5, 5.41) is 3.16. The van der Waals surface area contributed by atoms with Crippen molar-refractivity contribution in [1.29, 1.82) is 0 Å². The summed E-state index contributed by atoms with van der Waals surface area (Å²) in [4.78, 5) is 23.4. The van der Waals surface area contributed by atoms with Gasteiger partial charge in [0.05, 0.1) is 18.4 Å². The van der Waals surface area contributed by atoms with Gasteiger partial charge in [0.1, 0.15) is 6.61 Å². The molecule has 1 heterocycles. The number of fused-ring (bicyclic) bond motifs is 1.